The summed E-state index contributed by atoms with van der Waals surface area (Å²) >= 11 is 0. The molecule has 2 rings (SSSR count). The Morgan fingerprint density at radius 3 is 2.50 bits per heavy atom. The number of piperidine rings is 1. The summed E-state index contributed by atoms with van der Waals surface area (Å²) in [6, 6.07) is 10.6. The molecule has 0 aromatic heterocycles. The maximum absolute atomic E-state index is 12.4. The predicted molar refractivity (Wildman–Crippen MR) is 108 cm³/mol. The molecule has 26 heavy (non-hydrogen) atoms. The maximum atomic E-state index is 12.4. The highest BCUT2D eigenvalue weighted by Gasteiger charge is 2.22. The van der Waals surface area contributed by atoms with Crippen LogP contribution >= 0.6 is 0 Å². The van der Waals surface area contributed by atoms with Gasteiger partial charge in [0.1, 0.15) is 0 Å². The number of hydrogen-bond donors (Lipinski definition) is 2. The number of nitrogens with one attached hydrogen (secondary N) is 2. The normalized spacial score (nSPS) is 16.0. The smallest absolute Gasteiger partial charge is 0.241 e. The van der Waals surface area contributed by atoms with Crippen LogP contribution in [0.25, 0.3) is 0 Å². The van der Waals surface area contributed by atoms with Gasteiger partial charge in [-0.05, 0) is 43.1 Å². The lowest BCUT2D eigenvalue weighted by Crippen LogP contribution is -2.47. The van der Waals surface area contributed by atoms with Gasteiger partial charge in [0.15, 0.2) is 5.96 Å². The van der Waals surface area contributed by atoms with Gasteiger partial charge in [0.05, 0.1) is 6.54 Å². The number of amides is 1. The summed E-state index contributed by atoms with van der Waals surface area (Å²) < 4.78 is 0. The molecule has 0 saturated carbocycles. The Morgan fingerprint density at radius 1 is 1.19 bits per heavy atom. The van der Waals surface area contributed by atoms with Crippen molar-refractivity contribution >= 4 is 11.9 Å². The van der Waals surface area contributed by atoms with E-state index in [9.17, 15) is 4.79 Å². The van der Waals surface area contributed by atoms with E-state index in [4.69, 9.17) is 0 Å². The SMILES string of the molecule is CN=C(NCCC(C)C)NCC(=O)N1CCC(Cc2ccccc2)CC1. The lowest BCUT2D eigenvalue weighted by molar-refractivity contribution is -0.131. The topological polar surface area (TPSA) is 56.7 Å². The molecule has 1 aromatic carbocycles. The highest BCUT2D eigenvalue weighted by atomic mass is 16.2. The summed E-state index contributed by atoms with van der Waals surface area (Å²) in [6.07, 6.45) is 4.38. The predicted octanol–water partition coefficient (Wildman–Crippen LogP) is 2.68. The van der Waals surface area contributed by atoms with Crippen molar-refractivity contribution in [2.45, 2.75) is 39.5 Å². The molecule has 0 radical (unpaired) electrons. The molecule has 0 bridgehead atoms. The fraction of sp³-hybridized carbons (Fsp3) is 0.619. The van der Waals surface area contributed by atoms with E-state index in [2.05, 4.69) is 59.8 Å². The summed E-state index contributed by atoms with van der Waals surface area (Å²) in [4.78, 5) is 18.6. The van der Waals surface area contributed by atoms with Gasteiger partial charge in [-0.1, -0.05) is 44.2 Å². The van der Waals surface area contributed by atoms with Gasteiger partial charge >= 0.3 is 0 Å². The zero-order valence-corrected chi connectivity index (χ0v) is 16.5. The molecule has 5 nitrogen and oxygen atoms in total. The van der Waals surface area contributed by atoms with Crippen LogP contribution in [0.3, 0.4) is 0 Å². The number of nitrogens with zero attached hydrogens (tertiary/aromatic N) is 2. The molecule has 1 amide bonds. The van der Waals surface area contributed by atoms with Crippen LogP contribution < -0.4 is 10.6 Å². The van der Waals surface area contributed by atoms with Crippen molar-refractivity contribution in [2.24, 2.45) is 16.8 Å². The van der Waals surface area contributed by atoms with E-state index in [0.717, 1.165) is 45.3 Å². The first-order valence-electron chi connectivity index (χ1n) is 9.84. The third-order valence-electron chi connectivity index (χ3n) is 4.98. The first-order chi connectivity index (χ1) is 12.6. The summed E-state index contributed by atoms with van der Waals surface area (Å²) in [7, 11) is 1.74. The quantitative estimate of drug-likeness (QED) is 0.582. The summed E-state index contributed by atoms with van der Waals surface area (Å²) in [5.74, 6) is 2.20. The molecule has 0 spiro atoms. The van der Waals surface area contributed by atoms with E-state index >= 15 is 0 Å². The Balaban J connectivity index is 1.67. The highest BCUT2D eigenvalue weighted by Crippen LogP contribution is 2.21. The van der Waals surface area contributed by atoms with Crippen LogP contribution in [-0.2, 0) is 11.2 Å². The van der Waals surface area contributed by atoms with Crippen molar-refractivity contribution in [1.82, 2.24) is 15.5 Å². The lowest BCUT2D eigenvalue weighted by Gasteiger charge is -2.32. The minimum atomic E-state index is 0.162. The van der Waals surface area contributed by atoms with Crippen LogP contribution in [-0.4, -0.2) is 50.0 Å². The standard InChI is InChI=1S/C21H34N4O/c1-17(2)9-12-23-21(22-3)24-16-20(26)25-13-10-19(11-14-25)15-18-7-5-4-6-8-18/h4-8,17,19H,9-16H2,1-3H3,(H2,22,23,24). The number of aliphatic imine (C=N–C) groups is 1. The van der Waals surface area contributed by atoms with Gasteiger partial charge < -0.3 is 15.5 Å². The van der Waals surface area contributed by atoms with Crippen LogP contribution in [0.1, 0.15) is 38.7 Å². The van der Waals surface area contributed by atoms with E-state index in [0.29, 0.717) is 24.3 Å². The Kier molecular flexibility index (Phi) is 8.45. The number of guanidine groups is 1. The van der Waals surface area contributed by atoms with Crippen molar-refractivity contribution in [1.29, 1.82) is 0 Å². The van der Waals surface area contributed by atoms with Gasteiger partial charge in [-0.15, -0.1) is 0 Å². The highest BCUT2D eigenvalue weighted by molar-refractivity contribution is 5.86. The Hall–Kier alpha value is -2.04. The van der Waals surface area contributed by atoms with Crippen LogP contribution in [0.15, 0.2) is 35.3 Å². The van der Waals surface area contributed by atoms with Crippen molar-refractivity contribution in [3.8, 4) is 0 Å². The second kappa shape index (κ2) is 10.8. The van der Waals surface area contributed by atoms with E-state index in [1.165, 1.54) is 5.56 Å². The molecule has 2 N–H and O–H groups in total. The number of rotatable bonds is 7. The minimum absolute atomic E-state index is 0.162. The molecule has 1 saturated heterocycles. The van der Waals surface area contributed by atoms with Gasteiger partial charge in [-0.25, -0.2) is 0 Å². The van der Waals surface area contributed by atoms with Gasteiger partial charge in [-0.2, -0.15) is 0 Å². The molecule has 1 fully saturated rings. The molecule has 1 aromatic rings. The average molecular weight is 359 g/mol. The number of carbonyl (C=O) groups excluding carboxylic acids is 1. The third kappa shape index (κ3) is 7.06. The van der Waals surface area contributed by atoms with Crippen molar-refractivity contribution in [3.05, 3.63) is 35.9 Å². The van der Waals surface area contributed by atoms with Crippen LogP contribution in [0, 0.1) is 11.8 Å². The largest absolute Gasteiger partial charge is 0.356 e. The molecule has 1 aliphatic rings. The molecule has 0 unspecified atom stereocenters. The Labute approximate surface area is 158 Å². The van der Waals surface area contributed by atoms with Crippen LogP contribution in [0.4, 0.5) is 0 Å². The van der Waals surface area contributed by atoms with E-state index < -0.39 is 0 Å². The zero-order valence-electron chi connectivity index (χ0n) is 16.5. The van der Waals surface area contributed by atoms with E-state index in [1.807, 2.05) is 4.90 Å². The molecular formula is C21H34N4O. The first-order valence-corrected chi connectivity index (χ1v) is 9.84. The number of benzene rings is 1. The maximum Gasteiger partial charge on any atom is 0.241 e. The molecule has 0 aliphatic carbocycles. The minimum Gasteiger partial charge on any atom is -0.356 e. The summed E-state index contributed by atoms with van der Waals surface area (Å²) in [5.41, 5.74) is 1.40. The van der Waals surface area contributed by atoms with Crippen LogP contribution in [0.5, 0.6) is 0 Å². The monoisotopic (exact) mass is 358 g/mol. The van der Waals surface area contributed by atoms with Crippen LogP contribution in [0.2, 0.25) is 0 Å². The molecule has 5 heteroatoms. The second-order valence-electron chi connectivity index (χ2n) is 7.55. The van der Waals surface area contributed by atoms with Crippen molar-refractivity contribution < 1.29 is 4.79 Å². The molecule has 1 aliphatic heterocycles. The number of hydrogen-bond acceptors (Lipinski definition) is 2. The number of carbonyl (C=O) groups is 1. The molecule has 1 heterocycles. The van der Waals surface area contributed by atoms with Crippen molar-refractivity contribution in [2.75, 3.05) is 33.2 Å². The zero-order chi connectivity index (χ0) is 18.8. The number of likely N-dealkylation sites (tertiary alicyclic amines) is 1. The van der Waals surface area contributed by atoms with E-state index in [1.54, 1.807) is 7.05 Å². The molecule has 144 valence electrons. The average Bonchev–Trinajstić information content (AvgIpc) is 2.65. The summed E-state index contributed by atoms with van der Waals surface area (Å²) in [5, 5.41) is 6.40. The van der Waals surface area contributed by atoms with Crippen molar-refractivity contribution in [3.63, 3.8) is 0 Å². The Morgan fingerprint density at radius 2 is 1.88 bits per heavy atom. The van der Waals surface area contributed by atoms with Gasteiger partial charge in [0, 0.05) is 26.7 Å². The second-order valence-corrected chi connectivity index (χ2v) is 7.55. The molecular weight excluding hydrogens is 324 g/mol. The summed E-state index contributed by atoms with van der Waals surface area (Å²) in [6.45, 7) is 7.29. The van der Waals surface area contributed by atoms with Gasteiger partial charge in [0.2, 0.25) is 5.91 Å². The fourth-order valence-electron chi connectivity index (χ4n) is 3.30. The van der Waals surface area contributed by atoms with Gasteiger partial charge in [0.25, 0.3) is 0 Å². The van der Waals surface area contributed by atoms with Gasteiger partial charge in [-0.3, -0.25) is 9.79 Å². The van der Waals surface area contributed by atoms with E-state index in [-0.39, 0.29) is 5.91 Å². The Bertz CT molecular complexity index is 563. The molecule has 0 atom stereocenters. The first kappa shape index (κ1) is 20.3. The lowest BCUT2D eigenvalue weighted by atomic mass is 9.90. The fourth-order valence-corrected chi connectivity index (χ4v) is 3.30. The third-order valence-corrected chi connectivity index (χ3v) is 4.98.